The van der Waals surface area contributed by atoms with Crippen LogP contribution in [0.15, 0.2) is 28.3 Å². The average molecular weight is 354 g/mol. The smallest absolute Gasteiger partial charge is 0.280 e. The highest BCUT2D eigenvalue weighted by Crippen LogP contribution is 2.20. The van der Waals surface area contributed by atoms with Crippen molar-refractivity contribution < 1.29 is 8.78 Å². The maximum Gasteiger partial charge on any atom is 0.280 e. The van der Waals surface area contributed by atoms with Crippen LogP contribution in [0.5, 0.6) is 0 Å². The minimum Gasteiger partial charge on any atom is -0.353 e. The molecule has 7 nitrogen and oxygen atoms in total. The lowest BCUT2D eigenvalue weighted by Gasteiger charge is -2.35. The van der Waals surface area contributed by atoms with Crippen molar-refractivity contribution in [2.45, 2.75) is 11.6 Å². The van der Waals surface area contributed by atoms with Crippen molar-refractivity contribution in [1.29, 1.82) is 0 Å². The SMILES string of the molecule is CSc1nccc(N2CCN(c3nc(C(F)F)cc(=O)[nH]3)CC2)n1. The molecule has 1 fully saturated rings. The lowest BCUT2D eigenvalue weighted by molar-refractivity contribution is 0.146. The molecule has 0 saturated carbocycles. The fourth-order valence-electron chi connectivity index (χ4n) is 2.48. The summed E-state index contributed by atoms with van der Waals surface area (Å²) in [5.74, 6) is 1.02. The minimum absolute atomic E-state index is 0.185. The molecule has 0 bridgehead atoms. The number of hydrogen-bond acceptors (Lipinski definition) is 7. The van der Waals surface area contributed by atoms with Crippen molar-refractivity contribution in [2.24, 2.45) is 0 Å². The van der Waals surface area contributed by atoms with Gasteiger partial charge in [-0.05, 0) is 12.3 Å². The molecule has 3 heterocycles. The fraction of sp³-hybridized carbons (Fsp3) is 0.429. The molecule has 10 heteroatoms. The van der Waals surface area contributed by atoms with Gasteiger partial charge in [-0.25, -0.2) is 23.7 Å². The molecule has 1 aliphatic heterocycles. The van der Waals surface area contributed by atoms with Crippen LogP contribution in [0.2, 0.25) is 0 Å². The average Bonchev–Trinajstić information content (AvgIpc) is 2.61. The summed E-state index contributed by atoms with van der Waals surface area (Å²) in [5, 5.41) is 0.700. The van der Waals surface area contributed by atoms with Crippen molar-refractivity contribution >= 4 is 23.5 Å². The molecular formula is C14H16F2N6OS. The number of nitrogens with one attached hydrogen (secondary N) is 1. The molecule has 24 heavy (non-hydrogen) atoms. The molecule has 0 amide bonds. The van der Waals surface area contributed by atoms with Crippen LogP contribution < -0.4 is 15.4 Å². The number of alkyl halides is 2. The molecule has 0 aromatic carbocycles. The number of H-pyrrole nitrogens is 1. The van der Waals surface area contributed by atoms with Crippen LogP contribution in [-0.2, 0) is 0 Å². The zero-order chi connectivity index (χ0) is 17.1. The zero-order valence-corrected chi connectivity index (χ0v) is 13.8. The van der Waals surface area contributed by atoms with Crippen molar-refractivity contribution in [2.75, 3.05) is 42.2 Å². The number of thioether (sulfide) groups is 1. The molecule has 2 aromatic heterocycles. The Balaban J connectivity index is 1.72. The van der Waals surface area contributed by atoms with Crippen LogP contribution in [0.1, 0.15) is 12.1 Å². The van der Waals surface area contributed by atoms with Crippen LogP contribution in [0.4, 0.5) is 20.5 Å². The maximum absolute atomic E-state index is 12.8. The third-order valence-corrected chi connectivity index (χ3v) is 4.24. The Morgan fingerprint density at radius 1 is 1.21 bits per heavy atom. The summed E-state index contributed by atoms with van der Waals surface area (Å²) in [5.41, 5.74) is -1.07. The van der Waals surface area contributed by atoms with Crippen molar-refractivity contribution in [3.05, 3.63) is 34.4 Å². The summed E-state index contributed by atoms with van der Waals surface area (Å²) in [6.45, 7) is 2.39. The quantitative estimate of drug-likeness (QED) is 0.659. The number of nitrogens with zero attached hydrogens (tertiary/aromatic N) is 5. The van der Waals surface area contributed by atoms with E-state index in [1.54, 1.807) is 11.1 Å². The Bertz CT molecular complexity index is 763. The standard InChI is InChI=1S/C14H16F2N6OS/c1-24-14-17-3-2-10(19-14)21-4-6-22(7-5-21)13-18-9(12(15)16)8-11(23)20-13/h2-3,8,12H,4-7H2,1H3,(H,18,20,23). The predicted molar refractivity (Wildman–Crippen MR) is 88.1 cm³/mol. The van der Waals surface area contributed by atoms with E-state index in [0.717, 1.165) is 11.9 Å². The number of halogens is 2. The second-order valence-corrected chi connectivity index (χ2v) is 5.94. The Morgan fingerprint density at radius 2 is 1.92 bits per heavy atom. The van der Waals surface area contributed by atoms with E-state index in [0.29, 0.717) is 31.3 Å². The Kier molecular flexibility index (Phi) is 4.93. The third-order valence-electron chi connectivity index (χ3n) is 3.68. The van der Waals surface area contributed by atoms with E-state index < -0.39 is 17.7 Å². The molecular weight excluding hydrogens is 338 g/mol. The van der Waals surface area contributed by atoms with Gasteiger partial charge >= 0.3 is 0 Å². The summed E-state index contributed by atoms with van der Waals surface area (Å²) in [4.78, 5) is 30.4. The first-order valence-electron chi connectivity index (χ1n) is 7.33. The van der Waals surface area contributed by atoms with Crippen molar-refractivity contribution in [1.82, 2.24) is 19.9 Å². The zero-order valence-electron chi connectivity index (χ0n) is 12.9. The fourth-order valence-corrected chi connectivity index (χ4v) is 2.83. The van der Waals surface area contributed by atoms with Gasteiger partial charge in [-0.2, -0.15) is 0 Å². The van der Waals surface area contributed by atoms with E-state index in [-0.39, 0.29) is 5.95 Å². The molecule has 2 aromatic rings. The van der Waals surface area contributed by atoms with Crippen LogP contribution in [-0.4, -0.2) is 52.4 Å². The molecule has 0 radical (unpaired) electrons. The molecule has 0 aliphatic carbocycles. The van der Waals surface area contributed by atoms with Gasteiger partial charge in [0.1, 0.15) is 11.5 Å². The highest BCUT2D eigenvalue weighted by atomic mass is 32.2. The van der Waals surface area contributed by atoms with Gasteiger partial charge in [0.25, 0.3) is 12.0 Å². The largest absolute Gasteiger partial charge is 0.353 e. The van der Waals surface area contributed by atoms with Gasteiger partial charge in [0.15, 0.2) is 5.16 Å². The Hall–Kier alpha value is -2.23. The van der Waals surface area contributed by atoms with E-state index in [1.807, 2.05) is 12.3 Å². The van der Waals surface area contributed by atoms with E-state index in [2.05, 4.69) is 24.8 Å². The van der Waals surface area contributed by atoms with Crippen LogP contribution in [0.25, 0.3) is 0 Å². The van der Waals surface area contributed by atoms with Crippen molar-refractivity contribution in [3.63, 3.8) is 0 Å². The second kappa shape index (κ2) is 7.12. The van der Waals surface area contributed by atoms with E-state index in [9.17, 15) is 13.6 Å². The van der Waals surface area contributed by atoms with Gasteiger partial charge in [0, 0.05) is 38.4 Å². The van der Waals surface area contributed by atoms with Crippen molar-refractivity contribution in [3.8, 4) is 0 Å². The lowest BCUT2D eigenvalue weighted by Crippen LogP contribution is -2.47. The van der Waals surface area contributed by atoms with Gasteiger partial charge in [-0.3, -0.25) is 9.78 Å². The lowest BCUT2D eigenvalue weighted by atomic mass is 10.3. The summed E-state index contributed by atoms with van der Waals surface area (Å²) >= 11 is 1.47. The summed E-state index contributed by atoms with van der Waals surface area (Å²) in [6, 6.07) is 2.67. The first-order valence-corrected chi connectivity index (χ1v) is 8.55. The number of hydrogen-bond donors (Lipinski definition) is 1. The summed E-state index contributed by atoms with van der Waals surface area (Å²) < 4.78 is 25.6. The number of aromatic amines is 1. The van der Waals surface area contributed by atoms with Crippen LogP contribution >= 0.6 is 11.8 Å². The maximum atomic E-state index is 12.8. The predicted octanol–water partition coefficient (Wildman–Crippen LogP) is 1.55. The van der Waals surface area contributed by atoms with Gasteiger partial charge in [0.05, 0.1) is 0 Å². The van der Waals surface area contributed by atoms with Gasteiger partial charge < -0.3 is 9.80 Å². The first-order chi connectivity index (χ1) is 11.6. The third kappa shape index (κ3) is 3.64. The van der Waals surface area contributed by atoms with Gasteiger partial charge in [0.2, 0.25) is 5.95 Å². The van der Waals surface area contributed by atoms with Gasteiger partial charge in [-0.1, -0.05) is 11.8 Å². The molecule has 128 valence electrons. The highest BCUT2D eigenvalue weighted by Gasteiger charge is 2.21. The van der Waals surface area contributed by atoms with Crippen LogP contribution in [0, 0.1) is 0 Å². The minimum atomic E-state index is -2.77. The first kappa shape index (κ1) is 16.6. The molecule has 1 N–H and O–H groups in total. The summed E-state index contributed by atoms with van der Waals surface area (Å²) in [7, 11) is 0. The van der Waals surface area contributed by atoms with Crippen LogP contribution in [0.3, 0.4) is 0 Å². The van der Waals surface area contributed by atoms with Gasteiger partial charge in [-0.15, -0.1) is 0 Å². The second-order valence-electron chi connectivity index (χ2n) is 5.17. The highest BCUT2D eigenvalue weighted by molar-refractivity contribution is 7.98. The number of rotatable bonds is 4. The summed E-state index contributed by atoms with van der Waals surface area (Å²) in [6.07, 6.45) is 0.860. The van der Waals surface area contributed by atoms with E-state index in [4.69, 9.17) is 0 Å². The monoisotopic (exact) mass is 354 g/mol. The molecule has 1 saturated heterocycles. The molecule has 3 rings (SSSR count). The Morgan fingerprint density at radius 3 is 2.58 bits per heavy atom. The molecule has 0 spiro atoms. The van der Waals surface area contributed by atoms with E-state index >= 15 is 0 Å². The number of aromatic nitrogens is 4. The number of piperazine rings is 1. The molecule has 0 atom stereocenters. The topological polar surface area (TPSA) is 78.0 Å². The van der Waals surface area contributed by atoms with E-state index in [1.165, 1.54) is 11.8 Å². The number of anilines is 2. The normalized spacial score (nSPS) is 15.2. The molecule has 0 unspecified atom stereocenters. The molecule has 1 aliphatic rings. The Labute approximate surface area is 141 Å².